The molecule has 120 valence electrons. The van der Waals surface area contributed by atoms with E-state index in [9.17, 15) is 9.59 Å². The zero-order chi connectivity index (χ0) is 17.0. The van der Waals surface area contributed by atoms with Gasteiger partial charge in [-0.25, -0.2) is 0 Å². The van der Waals surface area contributed by atoms with E-state index in [-0.39, 0.29) is 18.4 Å². The van der Waals surface area contributed by atoms with Crippen LogP contribution in [0.4, 0.5) is 11.4 Å². The lowest BCUT2D eigenvalue weighted by Gasteiger charge is -2.27. The third-order valence-electron chi connectivity index (χ3n) is 3.90. The Morgan fingerprint density at radius 3 is 2.00 bits per heavy atom. The summed E-state index contributed by atoms with van der Waals surface area (Å²) in [5, 5.41) is 0. The molecule has 0 aliphatic carbocycles. The Morgan fingerprint density at radius 2 is 1.48 bits per heavy atom. The molecule has 0 aliphatic heterocycles. The molecule has 4 heteroatoms. The molecule has 2 amide bonds. The summed E-state index contributed by atoms with van der Waals surface area (Å²) in [6.07, 6.45) is 0. The van der Waals surface area contributed by atoms with Crippen molar-refractivity contribution >= 4 is 23.2 Å². The van der Waals surface area contributed by atoms with E-state index >= 15 is 0 Å². The highest BCUT2D eigenvalue weighted by atomic mass is 16.2. The first-order valence-corrected chi connectivity index (χ1v) is 7.57. The zero-order valence-electron chi connectivity index (χ0n) is 14.0. The number of likely N-dealkylation sites (N-methyl/N-ethyl adjacent to an activating group) is 1. The van der Waals surface area contributed by atoms with Gasteiger partial charge in [0.15, 0.2) is 0 Å². The van der Waals surface area contributed by atoms with Crippen LogP contribution < -0.4 is 9.80 Å². The van der Waals surface area contributed by atoms with Crippen molar-refractivity contribution in [2.24, 2.45) is 0 Å². The number of anilines is 2. The normalized spacial score (nSPS) is 10.3. The Morgan fingerprint density at radius 1 is 0.913 bits per heavy atom. The third-order valence-corrected chi connectivity index (χ3v) is 3.90. The van der Waals surface area contributed by atoms with Crippen molar-refractivity contribution < 1.29 is 9.59 Å². The van der Waals surface area contributed by atoms with Crippen LogP contribution in [0.5, 0.6) is 0 Å². The first-order chi connectivity index (χ1) is 10.9. The van der Waals surface area contributed by atoms with Crippen LogP contribution >= 0.6 is 0 Å². The number of benzene rings is 2. The van der Waals surface area contributed by atoms with Crippen molar-refractivity contribution in [2.75, 3.05) is 23.4 Å². The molecule has 2 rings (SSSR count). The second-order valence-corrected chi connectivity index (χ2v) is 5.63. The van der Waals surface area contributed by atoms with Crippen molar-refractivity contribution in [3.8, 4) is 0 Å². The van der Waals surface area contributed by atoms with Gasteiger partial charge < -0.3 is 9.80 Å². The van der Waals surface area contributed by atoms with Crippen molar-refractivity contribution in [2.45, 2.75) is 20.8 Å². The summed E-state index contributed by atoms with van der Waals surface area (Å²) in [5.74, 6) is -0.272. The van der Waals surface area contributed by atoms with Crippen LogP contribution in [0.1, 0.15) is 18.1 Å². The van der Waals surface area contributed by atoms with Crippen LogP contribution in [-0.2, 0) is 9.59 Å². The number of amides is 2. The highest BCUT2D eigenvalue weighted by Gasteiger charge is 2.21. The van der Waals surface area contributed by atoms with Crippen LogP contribution in [-0.4, -0.2) is 25.4 Å². The van der Waals surface area contributed by atoms with Crippen LogP contribution in [0.15, 0.2) is 48.5 Å². The Balaban J connectivity index is 2.27. The monoisotopic (exact) mass is 310 g/mol. The number of nitrogens with zero attached hydrogens (tertiary/aromatic N) is 2. The summed E-state index contributed by atoms with van der Waals surface area (Å²) in [7, 11) is 1.72. The Bertz CT molecular complexity index is 690. The van der Waals surface area contributed by atoms with E-state index in [1.165, 1.54) is 6.92 Å². The minimum Gasteiger partial charge on any atom is -0.314 e. The average Bonchev–Trinajstić information content (AvgIpc) is 2.53. The maximum Gasteiger partial charge on any atom is 0.246 e. The van der Waals surface area contributed by atoms with Crippen molar-refractivity contribution in [3.63, 3.8) is 0 Å². The molecule has 0 unspecified atom stereocenters. The van der Waals surface area contributed by atoms with Crippen molar-refractivity contribution in [1.29, 1.82) is 0 Å². The summed E-state index contributed by atoms with van der Waals surface area (Å²) in [4.78, 5) is 27.8. The summed E-state index contributed by atoms with van der Waals surface area (Å²) in [6, 6.07) is 15.3. The fourth-order valence-electron chi connectivity index (χ4n) is 2.62. The van der Waals surface area contributed by atoms with Crippen molar-refractivity contribution in [1.82, 2.24) is 0 Å². The largest absolute Gasteiger partial charge is 0.314 e. The molecule has 0 heterocycles. The molecular weight excluding hydrogens is 288 g/mol. The van der Waals surface area contributed by atoms with Crippen LogP contribution in [0, 0.1) is 13.8 Å². The van der Waals surface area contributed by atoms with Gasteiger partial charge in [-0.2, -0.15) is 0 Å². The van der Waals surface area contributed by atoms with Gasteiger partial charge in [-0.15, -0.1) is 0 Å². The van der Waals surface area contributed by atoms with Gasteiger partial charge >= 0.3 is 0 Å². The molecule has 0 atom stereocenters. The van der Waals surface area contributed by atoms with E-state index in [0.717, 1.165) is 22.5 Å². The Hall–Kier alpha value is -2.62. The predicted molar refractivity (Wildman–Crippen MR) is 93.8 cm³/mol. The molecule has 0 spiro atoms. The lowest BCUT2D eigenvalue weighted by atomic mass is 10.1. The van der Waals surface area contributed by atoms with Crippen LogP contribution in [0.2, 0.25) is 0 Å². The number of aryl methyl sites for hydroxylation is 2. The van der Waals surface area contributed by atoms with Crippen LogP contribution in [0.25, 0.3) is 0 Å². The smallest absolute Gasteiger partial charge is 0.246 e. The molecule has 0 fully saturated rings. The van der Waals surface area contributed by atoms with Gasteiger partial charge in [0.05, 0.1) is 5.69 Å². The number of rotatable bonds is 4. The van der Waals surface area contributed by atoms with E-state index in [0.29, 0.717) is 0 Å². The van der Waals surface area contributed by atoms with Crippen molar-refractivity contribution in [3.05, 3.63) is 59.7 Å². The van der Waals surface area contributed by atoms with Gasteiger partial charge in [0.2, 0.25) is 11.8 Å². The van der Waals surface area contributed by atoms with E-state index in [1.807, 2.05) is 62.4 Å². The maximum absolute atomic E-state index is 12.6. The fourth-order valence-corrected chi connectivity index (χ4v) is 2.62. The minimum absolute atomic E-state index is 0.0203. The highest BCUT2D eigenvalue weighted by Crippen LogP contribution is 2.25. The number of para-hydroxylation sites is 2. The minimum atomic E-state index is -0.141. The van der Waals surface area contributed by atoms with E-state index in [1.54, 1.807) is 16.8 Å². The van der Waals surface area contributed by atoms with E-state index < -0.39 is 0 Å². The van der Waals surface area contributed by atoms with E-state index in [2.05, 4.69) is 0 Å². The second kappa shape index (κ2) is 7.09. The molecule has 0 saturated heterocycles. The van der Waals surface area contributed by atoms with E-state index in [4.69, 9.17) is 0 Å². The molecule has 0 radical (unpaired) electrons. The lowest BCUT2D eigenvalue weighted by molar-refractivity contribution is -0.121. The van der Waals surface area contributed by atoms with Gasteiger partial charge in [-0.3, -0.25) is 9.59 Å². The highest BCUT2D eigenvalue weighted by molar-refractivity contribution is 6.03. The zero-order valence-corrected chi connectivity index (χ0v) is 14.0. The lowest BCUT2D eigenvalue weighted by Crippen LogP contribution is -2.41. The Labute approximate surface area is 137 Å². The molecule has 2 aromatic rings. The molecule has 0 aliphatic rings. The fraction of sp³-hybridized carbons (Fsp3) is 0.263. The molecule has 0 bridgehead atoms. The van der Waals surface area contributed by atoms with Gasteiger partial charge in [0.25, 0.3) is 0 Å². The van der Waals surface area contributed by atoms with Gasteiger partial charge in [-0.1, -0.05) is 36.4 Å². The SMILES string of the molecule is CC(=O)N(CC(=O)N(C)c1ccccc1)c1c(C)cccc1C. The molecule has 2 aromatic carbocycles. The molecular formula is C19H22N2O2. The summed E-state index contributed by atoms with van der Waals surface area (Å²) < 4.78 is 0. The molecule has 0 N–H and O–H groups in total. The number of hydrogen-bond donors (Lipinski definition) is 0. The predicted octanol–water partition coefficient (Wildman–Crippen LogP) is 3.32. The summed E-state index contributed by atoms with van der Waals surface area (Å²) in [5.41, 5.74) is 3.59. The standard InChI is InChI=1S/C19H22N2O2/c1-14-9-8-10-15(2)19(14)21(16(3)22)13-18(23)20(4)17-11-6-5-7-12-17/h5-12H,13H2,1-4H3. The number of carbonyl (C=O) groups is 2. The average molecular weight is 310 g/mol. The van der Waals surface area contributed by atoms with Gasteiger partial charge in [0.1, 0.15) is 6.54 Å². The number of carbonyl (C=O) groups excluding carboxylic acids is 2. The maximum atomic E-state index is 12.6. The first kappa shape index (κ1) is 16.7. The summed E-state index contributed by atoms with van der Waals surface area (Å²) in [6.45, 7) is 5.40. The second-order valence-electron chi connectivity index (χ2n) is 5.63. The number of hydrogen-bond acceptors (Lipinski definition) is 2. The molecule has 0 aromatic heterocycles. The van der Waals surface area contributed by atoms with Gasteiger partial charge in [0, 0.05) is 19.7 Å². The van der Waals surface area contributed by atoms with Crippen LogP contribution in [0.3, 0.4) is 0 Å². The molecule has 23 heavy (non-hydrogen) atoms. The van der Waals surface area contributed by atoms with Gasteiger partial charge in [-0.05, 0) is 37.1 Å². The Kier molecular flexibility index (Phi) is 5.16. The topological polar surface area (TPSA) is 40.6 Å². The summed E-state index contributed by atoms with van der Waals surface area (Å²) >= 11 is 0. The molecule has 4 nitrogen and oxygen atoms in total. The quantitative estimate of drug-likeness (QED) is 0.869. The first-order valence-electron chi connectivity index (χ1n) is 7.57. The third kappa shape index (κ3) is 3.77. The molecule has 0 saturated carbocycles.